The summed E-state index contributed by atoms with van der Waals surface area (Å²) in [6, 6.07) is 16.1. The summed E-state index contributed by atoms with van der Waals surface area (Å²) >= 11 is 0. The number of nitrogens with one attached hydrogen (secondary N) is 1. The summed E-state index contributed by atoms with van der Waals surface area (Å²) in [4.78, 5) is 25.0. The Balaban J connectivity index is 1.48. The SMILES string of the molecule is CCN1CCN(C(=O)Cc2ccc3nc(-c4ccccc4)[nH]c3c2)CC1. The molecule has 0 bridgehead atoms. The molecular formula is C21H24N4O. The molecule has 0 aliphatic carbocycles. The number of fused-ring (bicyclic) bond motifs is 1. The number of imidazole rings is 1. The van der Waals surface area contributed by atoms with Crippen molar-refractivity contribution in [3.63, 3.8) is 0 Å². The predicted octanol–water partition coefficient (Wildman–Crippen LogP) is 2.94. The van der Waals surface area contributed by atoms with Crippen molar-refractivity contribution in [3.8, 4) is 11.4 Å². The van der Waals surface area contributed by atoms with Gasteiger partial charge in [-0.15, -0.1) is 0 Å². The van der Waals surface area contributed by atoms with Crippen LogP contribution in [-0.2, 0) is 11.2 Å². The van der Waals surface area contributed by atoms with E-state index < -0.39 is 0 Å². The van der Waals surface area contributed by atoms with Gasteiger partial charge in [0.2, 0.25) is 5.91 Å². The Morgan fingerprint density at radius 2 is 1.85 bits per heavy atom. The number of rotatable bonds is 4. The molecule has 2 aromatic carbocycles. The van der Waals surface area contributed by atoms with E-state index in [-0.39, 0.29) is 5.91 Å². The average Bonchev–Trinajstić information content (AvgIpc) is 3.12. The lowest BCUT2D eigenvalue weighted by molar-refractivity contribution is -0.132. The molecule has 1 aliphatic heterocycles. The van der Waals surface area contributed by atoms with Gasteiger partial charge in [0, 0.05) is 31.7 Å². The van der Waals surface area contributed by atoms with Crippen molar-refractivity contribution in [2.45, 2.75) is 13.3 Å². The van der Waals surface area contributed by atoms with Gasteiger partial charge in [0.25, 0.3) is 0 Å². The van der Waals surface area contributed by atoms with Crippen LogP contribution < -0.4 is 0 Å². The number of piperazine rings is 1. The normalized spacial score (nSPS) is 15.5. The number of aromatic nitrogens is 2. The minimum absolute atomic E-state index is 0.211. The second-order valence-electron chi connectivity index (χ2n) is 6.79. The maximum atomic E-state index is 12.6. The maximum Gasteiger partial charge on any atom is 0.227 e. The third-order valence-electron chi connectivity index (χ3n) is 5.12. The standard InChI is InChI=1S/C21H24N4O/c1-2-24-10-12-25(13-11-24)20(26)15-16-8-9-18-19(14-16)23-21(22-18)17-6-4-3-5-7-17/h3-9,14H,2,10-13,15H2,1H3,(H,22,23). The average molecular weight is 348 g/mol. The van der Waals surface area contributed by atoms with E-state index >= 15 is 0 Å². The molecule has 5 heteroatoms. The zero-order valence-corrected chi connectivity index (χ0v) is 15.1. The van der Waals surface area contributed by atoms with Gasteiger partial charge < -0.3 is 14.8 Å². The van der Waals surface area contributed by atoms with Crippen molar-refractivity contribution < 1.29 is 4.79 Å². The highest BCUT2D eigenvalue weighted by Crippen LogP contribution is 2.21. The third kappa shape index (κ3) is 3.48. The number of amides is 1. The van der Waals surface area contributed by atoms with Crippen molar-refractivity contribution in [1.29, 1.82) is 0 Å². The summed E-state index contributed by atoms with van der Waals surface area (Å²) in [5.74, 6) is 1.07. The van der Waals surface area contributed by atoms with Gasteiger partial charge >= 0.3 is 0 Å². The van der Waals surface area contributed by atoms with Gasteiger partial charge in [0.15, 0.2) is 0 Å². The number of hydrogen-bond acceptors (Lipinski definition) is 3. The number of nitrogens with zero attached hydrogens (tertiary/aromatic N) is 3. The van der Waals surface area contributed by atoms with Crippen LogP contribution >= 0.6 is 0 Å². The molecule has 134 valence electrons. The first-order valence-corrected chi connectivity index (χ1v) is 9.27. The minimum atomic E-state index is 0.211. The van der Waals surface area contributed by atoms with Crippen LogP contribution in [0.15, 0.2) is 48.5 Å². The van der Waals surface area contributed by atoms with Crippen LogP contribution in [0.2, 0.25) is 0 Å². The van der Waals surface area contributed by atoms with Crippen LogP contribution in [0.1, 0.15) is 12.5 Å². The van der Waals surface area contributed by atoms with E-state index in [9.17, 15) is 4.79 Å². The van der Waals surface area contributed by atoms with Crippen molar-refractivity contribution in [1.82, 2.24) is 19.8 Å². The number of carbonyl (C=O) groups is 1. The Kier molecular flexibility index (Phi) is 4.71. The lowest BCUT2D eigenvalue weighted by atomic mass is 10.1. The Hall–Kier alpha value is -2.66. The molecule has 0 atom stereocenters. The summed E-state index contributed by atoms with van der Waals surface area (Å²) < 4.78 is 0. The van der Waals surface area contributed by atoms with E-state index in [0.29, 0.717) is 6.42 Å². The monoisotopic (exact) mass is 348 g/mol. The fourth-order valence-corrected chi connectivity index (χ4v) is 3.50. The highest BCUT2D eigenvalue weighted by atomic mass is 16.2. The number of carbonyl (C=O) groups excluding carboxylic acids is 1. The summed E-state index contributed by atoms with van der Waals surface area (Å²) in [7, 11) is 0. The van der Waals surface area contributed by atoms with Gasteiger partial charge in [-0.3, -0.25) is 4.79 Å². The lowest BCUT2D eigenvalue weighted by Crippen LogP contribution is -2.48. The van der Waals surface area contributed by atoms with Gasteiger partial charge in [-0.1, -0.05) is 43.3 Å². The third-order valence-corrected chi connectivity index (χ3v) is 5.12. The zero-order valence-electron chi connectivity index (χ0n) is 15.1. The van der Waals surface area contributed by atoms with E-state index in [2.05, 4.69) is 27.9 Å². The van der Waals surface area contributed by atoms with Crippen molar-refractivity contribution in [2.75, 3.05) is 32.7 Å². The molecule has 1 aromatic heterocycles. The summed E-state index contributed by atoms with van der Waals surface area (Å²) in [6.45, 7) is 6.84. The Morgan fingerprint density at radius 3 is 2.58 bits per heavy atom. The zero-order chi connectivity index (χ0) is 17.9. The maximum absolute atomic E-state index is 12.6. The van der Waals surface area contributed by atoms with Crippen molar-refractivity contribution in [2.24, 2.45) is 0 Å². The summed E-state index contributed by atoms with van der Waals surface area (Å²) in [5, 5.41) is 0. The fourth-order valence-electron chi connectivity index (χ4n) is 3.50. The topological polar surface area (TPSA) is 52.2 Å². The number of benzene rings is 2. The second kappa shape index (κ2) is 7.30. The number of hydrogen-bond donors (Lipinski definition) is 1. The van der Waals surface area contributed by atoms with Gasteiger partial charge in [-0.2, -0.15) is 0 Å². The molecule has 1 amide bonds. The van der Waals surface area contributed by atoms with Crippen molar-refractivity contribution >= 4 is 16.9 Å². The first-order valence-electron chi connectivity index (χ1n) is 9.27. The first-order chi connectivity index (χ1) is 12.7. The highest BCUT2D eigenvalue weighted by Gasteiger charge is 2.20. The Morgan fingerprint density at radius 1 is 1.08 bits per heavy atom. The molecule has 0 unspecified atom stereocenters. The minimum Gasteiger partial charge on any atom is -0.340 e. The van der Waals surface area contributed by atoms with E-state index in [4.69, 9.17) is 0 Å². The van der Waals surface area contributed by atoms with Gasteiger partial charge in [0.1, 0.15) is 5.82 Å². The number of likely N-dealkylation sites (N-methyl/N-ethyl adjacent to an activating group) is 1. The lowest BCUT2D eigenvalue weighted by Gasteiger charge is -2.34. The van der Waals surface area contributed by atoms with Gasteiger partial charge in [-0.25, -0.2) is 4.98 Å². The molecule has 1 N–H and O–H groups in total. The van der Waals surface area contributed by atoms with E-state index in [1.54, 1.807) is 0 Å². The molecule has 1 saturated heterocycles. The number of H-pyrrole nitrogens is 1. The Labute approximate surface area is 153 Å². The molecular weight excluding hydrogens is 324 g/mol. The molecule has 3 aromatic rings. The summed E-state index contributed by atoms with van der Waals surface area (Å²) in [5.41, 5.74) is 4.00. The van der Waals surface area contributed by atoms with E-state index in [1.165, 1.54) is 0 Å². The molecule has 2 heterocycles. The fraction of sp³-hybridized carbons (Fsp3) is 0.333. The molecule has 1 fully saturated rings. The van der Waals surface area contributed by atoms with Crippen LogP contribution in [-0.4, -0.2) is 58.4 Å². The molecule has 1 aliphatic rings. The molecule has 0 radical (unpaired) electrons. The molecule has 26 heavy (non-hydrogen) atoms. The number of aromatic amines is 1. The smallest absolute Gasteiger partial charge is 0.227 e. The second-order valence-corrected chi connectivity index (χ2v) is 6.79. The van der Waals surface area contributed by atoms with Crippen LogP contribution in [0.25, 0.3) is 22.4 Å². The Bertz CT molecular complexity index is 895. The van der Waals surface area contributed by atoms with Crippen LogP contribution in [0.3, 0.4) is 0 Å². The molecule has 0 spiro atoms. The van der Waals surface area contributed by atoms with Crippen LogP contribution in [0.4, 0.5) is 0 Å². The largest absolute Gasteiger partial charge is 0.340 e. The van der Waals surface area contributed by atoms with Gasteiger partial charge in [-0.05, 0) is 24.2 Å². The van der Waals surface area contributed by atoms with Crippen molar-refractivity contribution in [3.05, 3.63) is 54.1 Å². The first kappa shape index (κ1) is 16.8. The summed E-state index contributed by atoms with van der Waals surface area (Å²) in [6.07, 6.45) is 0.446. The van der Waals surface area contributed by atoms with E-state index in [1.807, 2.05) is 47.4 Å². The highest BCUT2D eigenvalue weighted by molar-refractivity contribution is 5.83. The predicted molar refractivity (Wildman–Crippen MR) is 104 cm³/mol. The molecule has 0 saturated carbocycles. The van der Waals surface area contributed by atoms with Crippen LogP contribution in [0, 0.1) is 0 Å². The van der Waals surface area contributed by atoms with Gasteiger partial charge in [0.05, 0.1) is 17.5 Å². The molecule has 4 rings (SSSR count). The quantitative estimate of drug-likeness (QED) is 0.789. The van der Waals surface area contributed by atoms with Crippen LogP contribution in [0.5, 0.6) is 0 Å². The molecule has 5 nitrogen and oxygen atoms in total. The van der Waals surface area contributed by atoms with E-state index in [0.717, 1.165) is 60.7 Å².